The first kappa shape index (κ1) is 15.7. The summed E-state index contributed by atoms with van der Waals surface area (Å²) in [4.78, 5) is 9.83. The number of benzene rings is 4. The van der Waals surface area contributed by atoms with Gasteiger partial charge >= 0.3 is 0 Å². The summed E-state index contributed by atoms with van der Waals surface area (Å²) in [5, 5.41) is 8.23. The Morgan fingerprint density at radius 3 is 2.04 bits per heavy atom. The highest BCUT2D eigenvalue weighted by molar-refractivity contribution is 6.90. The zero-order valence-electron chi connectivity index (χ0n) is 15.6. The summed E-state index contributed by atoms with van der Waals surface area (Å²) < 4.78 is 0. The molecular weight excluding hydrogens is 356 g/mol. The quantitative estimate of drug-likeness (QED) is 0.321. The van der Waals surface area contributed by atoms with Crippen LogP contribution in [0.2, 0.25) is 6.55 Å². The molecule has 5 aromatic rings. The molecule has 2 nitrogen and oxygen atoms in total. The number of fused-ring (bicyclic) bond motifs is 8. The highest BCUT2D eigenvalue weighted by Crippen LogP contribution is 2.36. The van der Waals surface area contributed by atoms with E-state index in [0.29, 0.717) is 0 Å². The van der Waals surface area contributed by atoms with Crippen molar-refractivity contribution in [2.45, 2.75) is 6.55 Å². The van der Waals surface area contributed by atoms with Gasteiger partial charge in [0, 0.05) is 17.3 Å². The third-order valence-electron chi connectivity index (χ3n) is 5.96. The first-order chi connectivity index (χ1) is 13.8. The fraction of sp³-hybridized carbons (Fsp3) is 0.0400. The van der Waals surface area contributed by atoms with Crippen molar-refractivity contribution in [1.29, 1.82) is 0 Å². The molecule has 0 aliphatic carbocycles. The second kappa shape index (κ2) is 5.85. The van der Waals surface area contributed by atoms with Crippen molar-refractivity contribution in [3.8, 4) is 22.6 Å². The molecule has 132 valence electrons. The van der Waals surface area contributed by atoms with Crippen LogP contribution in [0.3, 0.4) is 0 Å². The van der Waals surface area contributed by atoms with Crippen LogP contribution in [0.4, 0.5) is 0 Å². The standard InChI is InChI=1S/C25H18N2Si/c1-28-21-15-26-25(16-9-3-2-4-10-16)27-23(21)22-19-13-7-5-11-17(19)18-12-6-8-14-20(18)24(22)28/h2-15,28H,1H3. The van der Waals surface area contributed by atoms with Gasteiger partial charge in [0.25, 0.3) is 0 Å². The molecule has 0 saturated carbocycles. The summed E-state index contributed by atoms with van der Waals surface area (Å²) in [6.45, 7) is 2.41. The van der Waals surface area contributed by atoms with Gasteiger partial charge in [-0.2, -0.15) is 0 Å². The molecule has 0 amide bonds. The third kappa shape index (κ3) is 2.08. The number of hydrogen-bond donors (Lipinski definition) is 0. The third-order valence-corrected chi connectivity index (χ3v) is 8.78. The minimum absolute atomic E-state index is 0.811. The van der Waals surface area contributed by atoms with E-state index >= 15 is 0 Å². The molecule has 4 aromatic carbocycles. The van der Waals surface area contributed by atoms with Gasteiger partial charge in [-0.3, -0.25) is 0 Å². The van der Waals surface area contributed by atoms with E-state index < -0.39 is 8.80 Å². The van der Waals surface area contributed by atoms with Crippen molar-refractivity contribution in [1.82, 2.24) is 9.97 Å². The van der Waals surface area contributed by atoms with Crippen molar-refractivity contribution in [3.05, 3.63) is 85.1 Å². The van der Waals surface area contributed by atoms with E-state index in [0.717, 1.165) is 17.1 Å². The van der Waals surface area contributed by atoms with Gasteiger partial charge in [0.15, 0.2) is 5.82 Å². The fourth-order valence-electron chi connectivity index (χ4n) is 4.66. The van der Waals surface area contributed by atoms with Crippen molar-refractivity contribution in [2.24, 2.45) is 0 Å². The lowest BCUT2D eigenvalue weighted by atomic mass is 9.95. The van der Waals surface area contributed by atoms with Gasteiger partial charge in [0.2, 0.25) is 0 Å². The van der Waals surface area contributed by atoms with Crippen molar-refractivity contribution >= 4 is 40.7 Å². The predicted molar refractivity (Wildman–Crippen MR) is 120 cm³/mol. The van der Waals surface area contributed by atoms with Gasteiger partial charge in [0.05, 0.1) is 5.69 Å². The minimum atomic E-state index is -1.34. The summed E-state index contributed by atoms with van der Waals surface area (Å²) in [5.74, 6) is 0.811. The van der Waals surface area contributed by atoms with E-state index in [9.17, 15) is 0 Å². The molecule has 1 atom stereocenters. The molecule has 0 bridgehead atoms. The lowest BCUT2D eigenvalue weighted by Crippen LogP contribution is -2.35. The Kier molecular flexibility index (Phi) is 3.28. The Labute approximate surface area is 165 Å². The van der Waals surface area contributed by atoms with Crippen LogP contribution < -0.4 is 10.4 Å². The average molecular weight is 375 g/mol. The fourth-order valence-corrected chi connectivity index (χ4v) is 7.34. The monoisotopic (exact) mass is 374 g/mol. The van der Waals surface area contributed by atoms with Crippen LogP contribution in [0.1, 0.15) is 0 Å². The van der Waals surface area contributed by atoms with E-state index in [2.05, 4.69) is 73.4 Å². The van der Waals surface area contributed by atoms with Crippen LogP contribution >= 0.6 is 0 Å². The van der Waals surface area contributed by atoms with Gasteiger partial charge in [-0.15, -0.1) is 0 Å². The topological polar surface area (TPSA) is 25.8 Å². The first-order valence-electron chi connectivity index (χ1n) is 9.69. The highest BCUT2D eigenvalue weighted by atomic mass is 28.3. The Morgan fingerprint density at radius 2 is 1.29 bits per heavy atom. The van der Waals surface area contributed by atoms with Crippen molar-refractivity contribution < 1.29 is 0 Å². The van der Waals surface area contributed by atoms with E-state index in [-0.39, 0.29) is 0 Å². The molecule has 2 heterocycles. The molecule has 28 heavy (non-hydrogen) atoms. The largest absolute Gasteiger partial charge is 0.237 e. The Balaban J connectivity index is 1.75. The maximum Gasteiger partial charge on any atom is 0.159 e. The number of rotatable bonds is 1. The summed E-state index contributed by atoms with van der Waals surface area (Å²) in [7, 11) is -1.34. The molecule has 1 aromatic heterocycles. The minimum Gasteiger partial charge on any atom is -0.237 e. The van der Waals surface area contributed by atoms with Gasteiger partial charge in [-0.05, 0) is 31.9 Å². The number of hydrogen-bond acceptors (Lipinski definition) is 2. The summed E-state index contributed by atoms with van der Waals surface area (Å²) in [6, 6.07) is 27.9. The molecule has 0 fully saturated rings. The van der Waals surface area contributed by atoms with Crippen LogP contribution in [-0.2, 0) is 0 Å². The van der Waals surface area contributed by atoms with Crippen LogP contribution in [0.15, 0.2) is 85.1 Å². The SMILES string of the molecule is C[SiH]1c2cnc(-c3ccccc3)nc2-c2c1c1ccccc1c1ccccc21. The number of aromatic nitrogens is 2. The van der Waals surface area contributed by atoms with Crippen LogP contribution in [-0.4, -0.2) is 18.8 Å². The van der Waals surface area contributed by atoms with E-state index in [1.165, 1.54) is 37.5 Å². The molecule has 1 aliphatic rings. The molecule has 0 saturated heterocycles. The molecule has 3 heteroatoms. The molecule has 0 spiro atoms. The van der Waals surface area contributed by atoms with Gasteiger partial charge in [0.1, 0.15) is 8.80 Å². The maximum absolute atomic E-state index is 5.10. The zero-order chi connectivity index (χ0) is 18.7. The van der Waals surface area contributed by atoms with E-state index in [1.54, 1.807) is 0 Å². The van der Waals surface area contributed by atoms with Crippen LogP contribution in [0.25, 0.3) is 44.2 Å². The smallest absolute Gasteiger partial charge is 0.159 e. The maximum atomic E-state index is 5.10. The Bertz CT molecular complexity index is 1380. The average Bonchev–Trinajstić information content (AvgIpc) is 3.07. The predicted octanol–water partition coefficient (Wildman–Crippen LogP) is 4.40. The van der Waals surface area contributed by atoms with E-state index in [4.69, 9.17) is 9.97 Å². The number of nitrogens with zero attached hydrogens (tertiary/aromatic N) is 2. The zero-order valence-corrected chi connectivity index (χ0v) is 16.7. The second-order valence-corrected chi connectivity index (χ2v) is 10.1. The lowest BCUT2D eigenvalue weighted by Gasteiger charge is -2.13. The molecule has 6 rings (SSSR count). The summed E-state index contributed by atoms with van der Waals surface area (Å²) in [6.07, 6.45) is 2.09. The molecule has 1 unspecified atom stereocenters. The van der Waals surface area contributed by atoms with Crippen LogP contribution in [0, 0.1) is 0 Å². The Hall–Kier alpha value is -3.30. The Morgan fingerprint density at radius 1 is 0.679 bits per heavy atom. The highest BCUT2D eigenvalue weighted by Gasteiger charge is 2.32. The summed E-state index contributed by atoms with van der Waals surface area (Å²) in [5.41, 5.74) is 3.55. The van der Waals surface area contributed by atoms with Crippen molar-refractivity contribution in [2.75, 3.05) is 0 Å². The second-order valence-electron chi connectivity index (χ2n) is 7.47. The molecule has 1 aliphatic heterocycles. The van der Waals surface area contributed by atoms with Gasteiger partial charge in [-0.1, -0.05) is 85.4 Å². The molecule has 0 radical (unpaired) electrons. The lowest BCUT2D eigenvalue weighted by molar-refractivity contribution is 1.20. The molecule has 0 N–H and O–H groups in total. The first-order valence-corrected chi connectivity index (χ1v) is 12.0. The van der Waals surface area contributed by atoms with Crippen molar-refractivity contribution in [3.63, 3.8) is 0 Å². The van der Waals surface area contributed by atoms with Crippen LogP contribution in [0.5, 0.6) is 0 Å². The van der Waals surface area contributed by atoms with Gasteiger partial charge < -0.3 is 0 Å². The van der Waals surface area contributed by atoms with Gasteiger partial charge in [-0.25, -0.2) is 9.97 Å². The molecular formula is C25H18N2Si. The van der Waals surface area contributed by atoms with E-state index in [1.807, 2.05) is 18.2 Å². The summed E-state index contributed by atoms with van der Waals surface area (Å²) >= 11 is 0. The normalized spacial score (nSPS) is 15.0.